The minimum Gasteiger partial charge on any atom is -0.458 e. The van der Waals surface area contributed by atoms with Crippen molar-refractivity contribution >= 4 is 23.2 Å². The standard InChI is InChI=1S/C17H13NO6S/c19-16(11-7-4-8-12-15(11)24-25(21)23-12)18-14-13(22-17(14)20)9-10-5-2-1-3-6-10/h1-8,13-14H,9H2,(H,18,19)/t13-,14+,25?/m1/s1. The molecule has 1 saturated heterocycles. The number of carbonyl (C=O) groups excluding carboxylic acids is 2. The minimum absolute atomic E-state index is 0.102. The first-order valence-corrected chi connectivity index (χ1v) is 8.58. The molecule has 2 aromatic rings. The van der Waals surface area contributed by atoms with Crippen LogP contribution in [0.4, 0.5) is 0 Å². The van der Waals surface area contributed by atoms with Crippen LogP contribution in [0.2, 0.25) is 0 Å². The number of carbonyl (C=O) groups is 2. The number of nitrogens with one attached hydrogen (secondary N) is 1. The first-order valence-electron chi connectivity index (χ1n) is 7.58. The van der Waals surface area contributed by atoms with Crippen LogP contribution in [0.15, 0.2) is 48.5 Å². The zero-order chi connectivity index (χ0) is 17.4. The molecule has 0 spiro atoms. The summed E-state index contributed by atoms with van der Waals surface area (Å²) < 4.78 is 26.4. The maximum Gasteiger partial charge on any atom is 0.418 e. The third-order valence-corrected chi connectivity index (χ3v) is 4.61. The van der Waals surface area contributed by atoms with Gasteiger partial charge in [0, 0.05) is 6.42 Å². The average Bonchev–Trinajstić information content (AvgIpc) is 3.00. The van der Waals surface area contributed by atoms with Gasteiger partial charge in [0.25, 0.3) is 5.91 Å². The van der Waals surface area contributed by atoms with Crippen LogP contribution in [0.3, 0.4) is 0 Å². The predicted molar refractivity (Wildman–Crippen MR) is 87.1 cm³/mol. The van der Waals surface area contributed by atoms with Crippen molar-refractivity contribution in [3.8, 4) is 11.5 Å². The Morgan fingerprint density at radius 3 is 2.64 bits per heavy atom. The Bertz CT molecular complexity index is 869. The van der Waals surface area contributed by atoms with Crippen LogP contribution in [0.1, 0.15) is 15.9 Å². The van der Waals surface area contributed by atoms with Gasteiger partial charge in [0.1, 0.15) is 6.10 Å². The molecule has 8 heteroatoms. The van der Waals surface area contributed by atoms with Gasteiger partial charge >= 0.3 is 17.3 Å². The van der Waals surface area contributed by atoms with E-state index in [0.717, 1.165) is 5.56 Å². The summed E-state index contributed by atoms with van der Waals surface area (Å²) >= 11 is -1.96. The summed E-state index contributed by atoms with van der Waals surface area (Å²) in [4.78, 5) is 24.2. The number of rotatable bonds is 4. The Hall–Kier alpha value is -2.87. The lowest BCUT2D eigenvalue weighted by molar-refractivity contribution is -0.175. The third-order valence-electron chi connectivity index (χ3n) is 3.99. The smallest absolute Gasteiger partial charge is 0.418 e. The average molecular weight is 359 g/mol. The summed E-state index contributed by atoms with van der Waals surface area (Å²) in [5.74, 6) is -0.671. The normalized spacial score (nSPS) is 23.5. The van der Waals surface area contributed by atoms with Crippen molar-refractivity contribution in [2.45, 2.75) is 18.6 Å². The Labute approximate surface area is 145 Å². The van der Waals surface area contributed by atoms with E-state index in [-0.39, 0.29) is 17.1 Å². The highest BCUT2D eigenvalue weighted by atomic mass is 32.2. The molecule has 2 heterocycles. The molecule has 0 radical (unpaired) electrons. The van der Waals surface area contributed by atoms with Crippen LogP contribution in [0.25, 0.3) is 0 Å². The second-order valence-corrected chi connectivity index (χ2v) is 6.36. The Kier molecular flexibility index (Phi) is 3.89. The molecule has 0 aliphatic carbocycles. The number of benzene rings is 2. The summed E-state index contributed by atoms with van der Waals surface area (Å²) in [6.07, 6.45) is 0.0792. The minimum atomic E-state index is -1.96. The van der Waals surface area contributed by atoms with Crippen molar-refractivity contribution in [1.82, 2.24) is 5.32 Å². The monoisotopic (exact) mass is 359 g/mol. The second kappa shape index (κ2) is 6.21. The molecule has 1 fully saturated rings. The van der Waals surface area contributed by atoms with Gasteiger partial charge in [0.2, 0.25) is 0 Å². The van der Waals surface area contributed by atoms with E-state index in [2.05, 4.69) is 5.32 Å². The van der Waals surface area contributed by atoms with E-state index in [0.29, 0.717) is 6.42 Å². The van der Waals surface area contributed by atoms with Crippen LogP contribution < -0.4 is 13.7 Å². The predicted octanol–water partition coefficient (Wildman–Crippen LogP) is 1.30. The van der Waals surface area contributed by atoms with Gasteiger partial charge in [-0.05, 0) is 17.7 Å². The third kappa shape index (κ3) is 2.96. The van der Waals surface area contributed by atoms with Crippen LogP contribution in [0, 0.1) is 0 Å². The van der Waals surface area contributed by atoms with Gasteiger partial charge in [-0.1, -0.05) is 36.4 Å². The van der Waals surface area contributed by atoms with Gasteiger partial charge in [-0.3, -0.25) is 4.79 Å². The zero-order valence-electron chi connectivity index (χ0n) is 12.8. The van der Waals surface area contributed by atoms with Crippen molar-refractivity contribution in [2.24, 2.45) is 0 Å². The van der Waals surface area contributed by atoms with Gasteiger partial charge in [-0.15, -0.1) is 0 Å². The zero-order valence-corrected chi connectivity index (χ0v) is 13.7. The second-order valence-electron chi connectivity index (χ2n) is 5.62. The number of fused-ring (bicyclic) bond motifs is 1. The van der Waals surface area contributed by atoms with Crippen molar-refractivity contribution in [1.29, 1.82) is 0 Å². The quantitative estimate of drug-likeness (QED) is 0.828. The summed E-state index contributed by atoms with van der Waals surface area (Å²) in [7, 11) is 0. The molecule has 7 nitrogen and oxygen atoms in total. The fourth-order valence-electron chi connectivity index (χ4n) is 2.75. The molecule has 1 N–H and O–H groups in total. The van der Waals surface area contributed by atoms with E-state index in [4.69, 9.17) is 13.1 Å². The fraction of sp³-hybridized carbons (Fsp3) is 0.176. The summed E-state index contributed by atoms with van der Waals surface area (Å²) in [5, 5.41) is 2.65. The van der Waals surface area contributed by atoms with E-state index in [1.54, 1.807) is 12.1 Å². The number of ether oxygens (including phenoxy) is 1. The van der Waals surface area contributed by atoms with Crippen LogP contribution in [-0.2, 0) is 27.3 Å². The molecule has 2 aliphatic heterocycles. The number of esters is 1. The van der Waals surface area contributed by atoms with E-state index >= 15 is 0 Å². The van der Waals surface area contributed by atoms with Gasteiger partial charge in [-0.2, -0.15) is 4.21 Å². The topological polar surface area (TPSA) is 90.9 Å². The molecule has 1 unspecified atom stereocenters. The number of hydrogen-bond acceptors (Lipinski definition) is 6. The summed E-state index contributed by atoms with van der Waals surface area (Å²) in [5.41, 5.74) is 1.16. The number of para-hydroxylation sites is 1. The van der Waals surface area contributed by atoms with Gasteiger partial charge in [-0.25, -0.2) is 4.79 Å². The number of amides is 1. The molecular formula is C17H13NO6S. The molecule has 0 aromatic heterocycles. The first-order chi connectivity index (χ1) is 12.1. The summed E-state index contributed by atoms with van der Waals surface area (Å²) in [6.45, 7) is 0. The SMILES string of the molecule is O=C(N[C@@H]1C(=O)O[C@@H]1Cc1ccccc1)c1cccc2c1OS(=O)O2. The van der Waals surface area contributed by atoms with E-state index in [1.807, 2.05) is 30.3 Å². The molecule has 25 heavy (non-hydrogen) atoms. The molecule has 0 bridgehead atoms. The molecule has 2 aliphatic rings. The van der Waals surface area contributed by atoms with Gasteiger partial charge in [0.15, 0.2) is 17.5 Å². The highest BCUT2D eigenvalue weighted by Crippen LogP contribution is 2.37. The molecule has 0 saturated carbocycles. The lowest BCUT2D eigenvalue weighted by Crippen LogP contribution is -2.60. The van der Waals surface area contributed by atoms with E-state index in [1.165, 1.54) is 6.07 Å². The highest BCUT2D eigenvalue weighted by molar-refractivity contribution is 7.76. The highest BCUT2D eigenvalue weighted by Gasteiger charge is 2.44. The largest absolute Gasteiger partial charge is 0.458 e. The van der Waals surface area contributed by atoms with Crippen molar-refractivity contribution in [3.63, 3.8) is 0 Å². The molecule has 3 atom stereocenters. The molecule has 128 valence electrons. The molecular weight excluding hydrogens is 346 g/mol. The first kappa shape index (κ1) is 15.6. The Morgan fingerprint density at radius 1 is 1.08 bits per heavy atom. The Morgan fingerprint density at radius 2 is 1.88 bits per heavy atom. The molecule has 2 aromatic carbocycles. The van der Waals surface area contributed by atoms with Crippen LogP contribution in [-0.4, -0.2) is 28.2 Å². The number of cyclic esters (lactones) is 1. The maximum absolute atomic E-state index is 12.5. The fourth-order valence-corrected chi connectivity index (χ4v) is 3.37. The maximum atomic E-state index is 12.5. The van der Waals surface area contributed by atoms with Gasteiger partial charge < -0.3 is 18.4 Å². The Balaban J connectivity index is 1.48. The molecule has 4 rings (SSSR count). The van der Waals surface area contributed by atoms with Crippen LogP contribution in [0.5, 0.6) is 11.5 Å². The van der Waals surface area contributed by atoms with E-state index in [9.17, 15) is 13.8 Å². The number of hydrogen-bond donors (Lipinski definition) is 1. The van der Waals surface area contributed by atoms with Crippen LogP contribution >= 0.6 is 0 Å². The molecule has 1 amide bonds. The lowest BCUT2D eigenvalue weighted by Gasteiger charge is -2.35. The van der Waals surface area contributed by atoms with E-state index < -0.39 is 35.4 Å². The van der Waals surface area contributed by atoms with Crippen molar-refractivity contribution < 1.29 is 26.9 Å². The van der Waals surface area contributed by atoms with Gasteiger partial charge in [0.05, 0.1) is 5.56 Å². The lowest BCUT2D eigenvalue weighted by atomic mass is 9.97. The van der Waals surface area contributed by atoms with Crippen molar-refractivity contribution in [3.05, 3.63) is 59.7 Å². The summed E-state index contributed by atoms with van der Waals surface area (Å²) in [6, 6.07) is 13.4. The van der Waals surface area contributed by atoms with Crippen molar-refractivity contribution in [2.75, 3.05) is 0 Å².